The first-order chi connectivity index (χ1) is 18.2. The fourth-order valence-corrected chi connectivity index (χ4v) is 13.0. The number of rotatable bonds is 3. The predicted molar refractivity (Wildman–Crippen MR) is 163 cm³/mol. The average molecular weight is 532 g/mol. The van der Waals surface area contributed by atoms with E-state index in [9.17, 15) is 4.79 Å². The van der Waals surface area contributed by atoms with Crippen LogP contribution in [-0.2, 0) is 0 Å². The van der Waals surface area contributed by atoms with E-state index in [4.69, 9.17) is 5.73 Å². The summed E-state index contributed by atoms with van der Waals surface area (Å²) in [5.41, 5.74) is 11.2. The molecule has 0 radical (unpaired) electrons. The van der Waals surface area contributed by atoms with Crippen LogP contribution in [0.2, 0.25) is 0 Å². The van der Waals surface area contributed by atoms with Crippen molar-refractivity contribution in [2.45, 2.75) is 131 Å². The molecule has 6 rings (SSSR count). The van der Waals surface area contributed by atoms with Gasteiger partial charge in [-0.25, -0.2) is 0 Å². The highest BCUT2D eigenvalue weighted by Crippen LogP contribution is 2.77. The van der Waals surface area contributed by atoms with Crippen molar-refractivity contribution in [1.29, 1.82) is 0 Å². The van der Waals surface area contributed by atoms with Crippen LogP contribution in [0.1, 0.15) is 141 Å². The van der Waals surface area contributed by atoms with Crippen LogP contribution in [0.5, 0.6) is 0 Å². The summed E-state index contributed by atoms with van der Waals surface area (Å²) in [5.74, 6) is 5.40. The smallest absolute Gasteiger partial charge is 0.159 e. The number of carbonyl (C=O) groups is 1. The standard InChI is InChI=1S/C37H57NO/c1-23(2)27-15-20-37(38)22-21-35(7)29(32(27)37)13-14-31-34(6)18-16-28(26-11-9-25(10-12-26)24(3)39)33(4,5)30(34)17-19-36(31,35)8/h9-12,23,27-32H,13-22,38H2,1-8H3/t27-,28+,29+,30-,31+,32+,34-,35+,36+,37-/m0/s1. The molecular formula is C37H57NO. The fourth-order valence-electron chi connectivity index (χ4n) is 13.0. The van der Waals surface area contributed by atoms with Crippen LogP contribution in [0.15, 0.2) is 24.3 Å². The largest absolute Gasteiger partial charge is 0.325 e. The molecule has 39 heavy (non-hydrogen) atoms. The summed E-state index contributed by atoms with van der Waals surface area (Å²) in [6, 6.07) is 8.66. The topological polar surface area (TPSA) is 43.1 Å². The average Bonchev–Trinajstić information content (AvgIpc) is 3.22. The molecule has 2 heteroatoms. The van der Waals surface area contributed by atoms with Crippen LogP contribution in [-0.4, -0.2) is 11.3 Å². The molecule has 1 aromatic rings. The zero-order valence-electron chi connectivity index (χ0n) is 26.4. The Morgan fingerprint density at radius 1 is 0.795 bits per heavy atom. The van der Waals surface area contributed by atoms with E-state index in [1.54, 1.807) is 6.92 Å². The number of ketones is 1. The predicted octanol–water partition coefficient (Wildman–Crippen LogP) is 9.42. The minimum absolute atomic E-state index is 0.0986. The first kappa shape index (κ1) is 28.0. The first-order valence-corrected chi connectivity index (χ1v) is 16.6. The van der Waals surface area contributed by atoms with Crippen molar-refractivity contribution in [2.24, 2.45) is 62.9 Å². The van der Waals surface area contributed by atoms with Crippen LogP contribution in [0.25, 0.3) is 0 Å². The maximum Gasteiger partial charge on any atom is 0.159 e. The molecular weight excluding hydrogens is 474 g/mol. The third-order valence-electron chi connectivity index (χ3n) is 15.2. The van der Waals surface area contributed by atoms with Gasteiger partial charge in [0.05, 0.1) is 0 Å². The van der Waals surface area contributed by atoms with Gasteiger partial charge in [-0.1, -0.05) is 72.7 Å². The molecule has 0 aliphatic heterocycles. The van der Waals surface area contributed by atoms with Crippen molar-refractivity contribution < 1.29 is 4.79 Å². The van der Waals surface area contributed by atoms with Gasteiger partial charge < -0.3 is 5.73 Å². The number of nitrogens with two attached hydrogens (primary N) is 1. The summed E-state index contributed by atoms with van der Waals surface area (Å²) < 4.78 is 0. The van der Waals surface area contributed by atoms with E-state index in [1.165, 1.54) is 69.8 Å². The van der Waals surface area contributed by atoms with Gasteiger partial charge in [0.1, 0.15) is 0 Å². The molecule has 0 bridgehead atoms. The highest BCUT2D eigenvalue weighted by atomic mass is 16.1. The molecule has 0 spiro atoms. The molecule has 0 unspecified atom stereocenters. The molecule has 2 nitrogen and oxygen atoms in total. The Labute approximate surface area is 239 Å². The third-order valence-corrected chi connectivity index (χ3v) is 15.2. The van der Waals surface area contributed by atoms with Crippen molar-refractivity contribution in [3.05, 3.63) is 35.4 Å². The van der Waals surface area contributed by atoms with Crippen molar-refractivity contribution in [2.75, 3.05) is 0 Å². The Morgan fingerprint density at radius 3 is 2.13 bits per heavy atom. The monoisotopic (exact) mass is 531 g/mol. The van der Waals surface area contributed by atoms with Gasteiger partial charge in [-0.2, -0.15) is 0 Å². The van der Waals surface area contributed by atoms with Crippen LogP contribution in [0.3, 0.4) is 0 Å². The first-order valence-electron chi connectivity index (χ1n) is 16.6. The number of hydrogen-bond donors (Lipinski definition) is 1. The highest BCUT2D eigenvalue weighted by Gasteiger charge is 2.70. The van der Waals surface area contributed by atoms with Crippen LogP contribution < -0.4 is 5.73 Å². The minimum atomic E-state index is 0.0986. The Kier molecular flexibility index (Phi) is 6.41. The molecule has 0 amide bonds. The van der Waals surface area contributed by atoms with E-state index in [2.05, 4.69) is 72.7 Å². The van der Waals surface area contributed by atoms with Gasteiger partial charge in [0, 0.05) is 11.1 Å². The van der Waals surface area contributed by atoms with Crippen LogP contribution in [0.4, 0.5) is 0 Å². The molecule has 0 heterocycles. The highest BCUT2D eigenvalue weighted by molar-refractivity contribution is 5.94. The summed E-state index contributed by atoms with van der Waals surface area (Å²) in [6.07, 6.45) is 13.4. The second-order valence-corrected chi connectivity index (χ2v) is 17.0. The van der Waals surface area contributed by atoms with Crippen LogP contribution >= 0.6 is 0 Å². The second kappa shape index (κ2) is 8.92. The molecule has 5 fully saturated rings. The lowest BCUT2D eigenvalue weighted by Crippen LogP contribution is -2.68. The van der Waals surface area contributed by atoms with Gasteiger partial charge in [0.25, 0.3) is 0 Å². The molecule has 5 aliphatic rings. The van der Waals surface area contributed by atoms with Crippen molar-refractivity contribution in [3.8, 4) is 0 Å². The summed E-state index contributed by atoms with van der Waals surface area (Å²) in [7, 11) is 0. The van der Waals surface area contributed by atoms with Gasteiger partial charge in [0.2, 0.25) is 0 Å². The van der Waals surface area contributed by atoms with Gasteiger partial charge in [-0.15, -0.1) is 0 Å². The lowest BCUT2D eigenvalue weighted by molar-refractivity contribution is -0.233. The molecule has 0 aromatic heterocycles. The SMILES string of the molecule is CC(=O)c1ccc([C@H]2CC[C@]3(C)[C@H]4CC[C@@H]5[C@H]6[C@H](C(C)C)CC[C@]6(N)CC[C@@]5(C)[C@]4(C)CC[C@H]3C2(C)C)cc1. The summed E-state index contributed by atoms with van der Waals surface area (Å²) in [5, 5.41) is 0. The Morgan fingerprint density at radius 2 is 1.49 bits per heavy atom. The van der Waals surface area contributed by atoms with Crippen molar-refractivity contribution in [1.82, 2.24) is 0 Å². The number of fused-ring (bicyclic) bond motifs is 7. The molecule has 5 saturated carbocycles. The van der Waals surface area contributed by atoms with Gasteiger partial charge in [0.15, 0.2) is 5.78 Å². The number of carbonyl (C=O) groups excluding carboxylic acids is 1. The number of Topliss-reactive ketones (excluding diaryl/α,β-unsaturated/α-hetero) is 1. The third kappa shape index (κ3) is 3.71. The zero-order valence-corrected chi connectivity index (χ0v) is 26.4. The van der Waals surface area contributed by atoms with Gasteiger partial charge in [-0.05, 0) is 140 Å². The Bertz CT molecular complexity index is 1120. The van der Waals surface area contributed by atoms with E-state index in [0.717, 1.165) is 41.1 Å². The molecule has 2 N–H and O–H groups in total. The number of hydrogen-bond acceptors (Lipinski definition) is 2. The normalized spacial score (nSPS) is 48.6. The maximum atomic E-state index is 11.9. The lowest BCUT2D eigenvalue weighted by atomic mass is 9.32. The summed E-state index contributed by atoms with van der Waals surface area (Å²) in [4.78, 5) is 11.9. The quantitative estimate of drug-likeness (QED) is 0.395. The summed E-state index contributed by atoms with van der Waals surface area (Å²) in [6.45, 7) is 20.0. The minimum Gasteiger partial charge on any atom is -0.325 e. The van der Waals surface area contributed by atoms with Crippen LogP contribution in [0, 0.1) is 57.2 Å². The Hall–Kier alpha value is -1.15. The maximum absolute atomic E-state index is 11.9. The molecule has 10 atom stereocenters. The zero-order chi connectivity index (χ0) is 28.2. The summed E-state index contributed by atoms with van der Waals surface area (Å²) >= 11 is 0. The molecule has 5 aliphatic carbocycles. The van der Waals surface area contributed by atoms with Crippen molar-refractivity contribution in [3.63, 3.8) is 0 Å². The molecule has 1 aromatic carbocycles. The van der Waals surface area contributed by atoms with E-state index in [0.29, 0.717) is 22.2 Å². The second-order valence-electron chi connectivity index (χ2n) is 17.0. The number of benzene rings is 1. The molecule has 0 saturated heterocycles. The van der Waals surface area contributed by atoms with Gasteiger partial charge in [-0.3, -0.25) is 4.79 Å². The van der Waals surface area contributed by atoms with E-state index in [-0.39, 0.29) is 16.7 Å². The molecule has 216 valence electrons. The fraction of sp³-hybridized carbons (Fsp3) is 0.811. The Balaban J connectivity index is 1.32. The van der Waals surface area contributed by atoms with E-state index >= 15 is 0 Å². The van der Waals surface area contributed by atoms with Crippen molar-refractivity contribution >= 4 is 5.78 Å². The van der Waals surface area contributed by atoms with E-state index in [1.807, 2.05) is 0 Å². The van der Waals surface area contributed by atoms with Gasteiger partial charge >= 0.3 is 0 Å². The van der Waals surface area contributed by atoms with E-state index < -0.39 is 0 Å². The lowest BCUT2D eigenvalue weighted by Gasteiger charge is -2.73.